The average Bonchev–Trinajstić information content (AvgIpc) is 2.81. The molecule has 2 rings (SSSR count). The van der Waals surface area contributed by atoms with Crippen molar-refractivity contribution < 1.29 is 30.3 Å². The van der Waals surface area contributed by atoms with Crippen molar-refractivity contribution in [1.29, 1.82) is 0 Å². The Morgan fingerprint density at radius 1 is 0.947 bits per heavy atom. The van der Waals surface area contributed by atoms with E-state index in [1.807, 2.05) is 6.92 Å². The van der Waals surface area contributed by atoms with Crippen LogP contribution < -0.4 is 5.32 Å². The van der Waals surface area contributed by atoms with Gasteiger partial charge in [-0.2, -0.15) is 0 Å². The largest absolute Gasteiger partial charge is 0.395 e. The minimum Gasteiger partial charge on any atom is -0.395 e. The Labute approximate surface area is 111 Å². The molecule has 6 N–H and O–H groups in total. The number of aliphatic hydroxyl groups excluding tert-OH is 5. The highest BCUT2D eigenvalue weighted by Gasteiger charge is 2.43. The van der Waals surface area contributed by atoms with Crippen LogP contribution in [0.2, 0.25) is 0 Å². The first-order valence-electron chi connectivity index (χ1n) is 6.70. The summed E-state index contributed by atoms with van der Waals surface area (Å²) in [5.74, 6) is -0.00876. The van der Waals surface area contributed by atoms with Crippen molar-refractivity contribution in [1.82, 2.24) is 5.32 Å². The molecule has 112 valence electrons. The van der Waals surface area contributed by atoms with Gasteiger partial charge in [0.1, 0.15) is 12.2 Å². The van der Waals surface area contributed by atoms with Gasteiger partial charge in [-0.1, -0.05) is 6.92 Å². The molecule has 2 saturated heterocycles. The molecule has 2 aliphatic heterocycles. The van der Waals surface area contributed by atoms with E-state index in [-0.39, 0.29) is 24.6 Å². The highest BCUT2D eigenvalue weighted by atomic mass is 16.6. The molecule has 7 nitrogen and oxygen atoms in total. The fraction of sp³-hybridized carbons (Fsp3) is 1.00. The molecule has 2 aliphatic rings. The van der Waals surface area contributed by atoms with Crippen LogP contribution in [0.3, 0.4) is 0 Å². The number of nitrogens with one attached hydrogen (secondary N) is 1. The van der Waals surface area contributed by atoms with E-state index in [2.05, 4.69) is 5.32 Å². The van der Waals surface area contributed by atoms with Crippen LogP contribution in [0.5, 0.6) is 0 Å². The van der Waals surface area contributed by atoms with Gasteiger partial charge in [-0.25, -0.2) is 0 Å². The maximum absolute atomic E-state index is 9.87. The Bertz CT molecular complexity index is 304. The van der Waals surface area contributed by atoms with Gasteiger partial charge in [-0.15, -0.1) is 0 Å². The zero-order chi connectivity index (χ0) is 14.2. The van der Waals surface area contributed by atoms with Gasteiger partial charge in [-0.3, -0.25) is 0 Å². The lowest BCUT2D eigenvalue weighted by Crippen LogP contribution is -2.37. The van der Waals surface area contributed by atoms with Crippen molar-refractivity contribution in [2.24, 2.45) is 5.92 Å². The van der Waals surface area contributed by atoms with Crippen LogP contribution in [0.15, 0.2) is 0 Å². The summed E-state index contributed by atoms with van der Waals surface area (Å²) in [7, 11) is 0. The first kappa shape index (κ1) is 15.1. The van der Waals surface area contributed by atoms with E-state index in [1.165, 1.54) is 0 Å². The molecule has 4 unspecified atom stereocenters. The molecule has 0 aromatic rings. The lowest BCUT2D eigenvalue weighted by Gasteiger charge is -2.20. The Morgan fingerprint density at radius 2 is 1.63 bits per heavy atom. The molecule has 2 heterocycles. The zero-order valence-electron chi connectivity index (χ0n) is 10.9. The minimum absolute atomic E-state index is 0.00876. The first-order chi connectivity index (χ1) is 8.95. The smallest absolute Gasteiger partial charge is 0.183 e. The van der Waals surface area contributed by atoms with Crippen LogP contribution in [0, 0.1) is 5.92 Å². The van der Waals surface area contributed by atoms with E-state index >= 15 is 0 Å². The minimum atomic E-state index is -1.34. The number of aliphatic hydroxyl groups is 5. The average molecular weight is 277 g/mol. The summed E-state index contributed by atoms with van der Waals surface area (Å²) >= 11 is 0. The molecule has 19 heavy (non-hydrogen) atoms. The number of ether oxygens (including phenoxy) is 1. The highest BCUT2D eigenvalue weighted by molar-refractivity contribution is 4.96. The molecule has 8 atom stereocenters. The molecule has 0 radical (unpaired) electrons. The lowest BCUT2D eigenvalue weighted by molar-refractivity contribution is -0.128. The van der Waals surface area contributed by atoms with Gasteiger partial charge < -0.3 is 35.6 Å². The predicted octanol–water partition coefficient (Wildman–Crippen LogP) is -2.46. The Kier molecular flexibility index (Phi) is 4.78. The standard InChI is InChI=1S/C12H23NO6/c1-5-6(13-7(4-14)9(5)15)2-3-8-10(16)11(17)12(18)19-8/h5-18H,2-4H2,1H3/t5?,6-,7+,8-,9?,10?,11?,12+/m0/s1. The van der Waals surface area contributed by atoms with Crippen LogP contribution >= 0.6 is 0 Å². The van der Waals surface area contributed by atoms with E-state index in [1.54, 1.807) is 0 Å². The first-order valence-corrected chi connectivity index (χ1v) is 6.70. The molecular formula is C12H23NO6. The van der Waals surface area contributed by atoms with Crippen molar-refractivity contribution in [2.45, 2.75) is 62.6 Å². The summed E-state index contributed by atoms with van der Waals surface area (Å²) in [5.41, 5.74) is 0. The molecule has 0 aliphatic carbocycles. The topological polar surface area (TPSA) is 122 Å². The maximum atomic E-state index is 9.87. The fourth-order valence-electron chi connectivity index (χ4n) is 2.95. The van der Waals surface area contributed by atoms with Crippen molar-refractivity contribution in [3.63, 3.8) is 0 Å². The Balaban J connectivity index is 1.83. The number of hydrogen-bond acceptors (Lipinski definition) is 7. The molecule has 0 bridgehead atoms. The summed E-state index contributed by atoms with van der Waals surface area (Å²) in [6.07, 6.45) is -3.83. The van der Waals surface area contributed by atoms with E-state index in [4.69, 9.17) is 9.84 Å². The molecule has 0 saturated carbocycles. The van der Waals surface area contributed by atoms with Crippen molar-refractivity contribution in [2.75, 3.05) is 6.61 Å². The van der Waals surface area contributed by atoms with Crippen LogP contribution in [0.25, 0.3) is 0 Å². The van der Waals surface area contributed by atoms with E-state index in [9.17, 15) is 20.4 Å². The molecule has 2 fully saturated rings. The lowest BCUT2D eigenvalue weighted by atomic mass is 9.93. The molecule has 0 spiro atoms. The quantitative estimate of drug-likeness (QED) is 0.337. The van der Waals surface area contributed by atoms with Gasteiger partial charge in [0.05, 0.1) is 24.9 Å². The van der Waals surface area contributed by atoms with Gasteiger partial charge in [0, 0.05) is 6.04 Å². The van der Waals surface area contributed by atoms with Crippen LogP contribution in [-0.4, -0.2) is 74.9 Å². The molecule has 0 aromatic heterocycles. The second-order valence-electron chi connectivity index (χ2n) is 5.54. The van der Waals surface area contributed by atoms with E-state index in [0.717, 1.165) is 0 Å². The summed E-state index contributed by atoms with van der Waals surface area (Å²) in [6.45, 7) is 1.77. The summed E-state index contributed by atoms with van der Waals surface area (Å²) < 4.78 is 5.08. The van der Waals surface area contributed by atoms with Crippen molar-refractivity contribution in [3.05, 3.63) is 0 Å². The predicted molar refractivity (Wildman–Crippen MR) is 65.1 cm³/mol. The maximum Gasteiger partial charge on any atom is 0.183 e. The van der Waals surface area contributed by atoms with E-state index < -0.39 is 30.7 Å². The second-order valence-corrected chi connectivity index (χ2v) is 5.54. The van der Waals surface area contributed by atoms with Crippen LogP contribution in [-0.2, 0) is 4.74 Å². The van der Waals surface area contributed by atoms with Crippen molar-refractivity contribution >= 4 is 0 Å². The Hall–Kier alpha value is -0.280. The molecular weight excluding hydrogens is 254 g/mol. The number of hydrogen-bond donors (Lipinski definition) is 6. The third-order valence-electron chi connectivity index (χ3n) is 4.31. The normalized spacial score (nSPS) is 50.8. The third-order valence-corrected chi connectivity index (χ3v) is 4.31. The monoisotopic (exact) mass is 277 g/mol. The number of rotatable bonds is 4. The molecule has 0 aromatic carbocycles. The summed E-state index contributed by atoms with van der Waals surface area (Å²) in [6, 6.07) is -0.316. The van der Waals surface area contributed by atoms with Gasteiger partial charge >= 0.3 is 0 Å². The van der Waals surface area contributed by atoms with Gasteiger partial charge in [0.25, 0.3) is 0 Å². The van der Waals surface area contributed by atoms with Gasteiger partial charge in [0.2, 0.25) is 0 Å². The van der Waals surface area contributed by atoms with Gasteiger partial charge in [0.15, 0.2) is 6.29 Å². The SMILES string of the molecule is CC1C(O)[C@@H](CO)N[C@H]1CC[C@@H]1O[C@@H](O)C(O)C1O. The molecule has 0 amide bonds. The summed E-state index contributed by atoms with van der Waals surface area (Å²) in [5, 5.41) is 50.5. The highest BCUT2D eigenvalue weighted by Crippen LogP contribution is 2.28. The third kappa shape index (κ3) is 2.92. The van der Waals surface area contributed by atoms with Crippen LogP contribution in [0.1, 0.15) is 19.8 Å². The van der Waals surface area contributed by atoms with Gasteiger partial charge in [-0.05, 0) is 18.8 Å². The molecule has 7 heteroatoms. The Morgan fingerprint density at radius 3 is 2.11 bits per heavy atom. The van der Waals surface area contributed by atoms with Crippen LogP contribution in [0.4, 0.5) is 0 Å². The van der Waals surface area contributed by atoms with E-state index in [0.29, 0.717) is 12.8 Å². The summed E-state index contributed by atoms with van der Waals surface area (Å²) in [4.78, 5) is 0. The fourth-order valence-corrected chi connectivity index (χ4v) is 2.95. The second kappa shape index (κ2) is 6.01. The zero-order valence-corrected chi connectivity index (χ0v) is 10.9. The van der Waals surface area contributed by atoms with Crippen molar-refractivity contribution in [3.8, 4) is 0 Å².